The number of methoxy groups -OCH3 is 1. The first-order chi connectivity index (χ1) is 6.19. The van der Waals surface area contributed by atoms with Crippen molar-refractivity contribution in [2.24, 2.45) is 0 Å². The lowest BCUT2D eigenvalue weighted by Crippen LogP contribution is -1.96. The van der Waals surface area contributed by atoms with Gasteiger partial charge in [-0.05, 0) is 25.0 Å². The van der Waals surface area contributed by atoms with Crippen molar-refractivity contribution in [3.63, 3.8) is 0 Å². The first-order valence-electron chi connectivity index (χ1n) is 4.36. The van der Waals surface area contributed by atoms with Gasteiger partial charge >= 0.3 is 0 Å². The highest BCUT2D eigenvalue weighted by molar-refractivity contribution is 6.20. The molecule has 1 atom stereocenters. The molecule has 1 aromatic rings. The minimum Gasteiger partial charge on any atom is -0.495 e. The van der Waals surface area contributed by atoms with Gasteiger partial charge < -0.3 is 4.74 Å². The van der Waals surface area contributed by atoms with Crippen LogP contribution in [0.25, 0.3) is 0 Å². The van der Waals surface area contributed by atoms with Crippen LogP contribution in [0.3, 0.4) is 0 Å². The van der Waals surface area contributed by atoms with Gasteiger partial charge in [-0.3, -0.25) is 4.98 Å². The molecule has 3 heteroatoms. The van der Waals surface area contributed by atoms with Crippen LogP contribution < -0.4 is 4.74 Å². The smallest absolute Gasteiger partial charge is 0.140 e. The van der Waals surface area contributed by atoms with Crippen molar-refractivity contribution in [3.05, 3.63) is 23.5 Å². The van der Waals surface area contributed by atoms with Gasteiger partial charge in [0, 0.05) is 0 Å². The Morgan fingerprint density at radius 1 is 1.62 bits per heavy atom. The molecule has 0 radical (unpaired) electrons. The van der Waals surface area contributed by atoms with Gasteiger partial charge in [0.1, 0.15) is 5.75 Å². The summed E-state index contributed by atoms with van der Waals surface area (Å²) in [5.74, 6) is 0.837. The van der Waals surface area contributed by atoms with E-state index in [1.54, 1.807) is 13.3 Å². The van der Waals surface area contributed by atoms with Gasteiger partial charge in [0.15, 0.2) is 0 Å². The molecule has 1 heterocycles. The van der Waals surface area contributed by atoms with Crippen LogP contribution in [0.15, 0.2) is 12.3 Å². The maximum Gasteiger partial charge on any atom is 0.140 e. The second-order valence-corrected chi connectivity index (χ2v) is 3.55. The van der Waals surface area contributed by atoms with Crippen molar-refractivity contribution < 1.29 is 4.74 Å². The number of pyridine rings is 1. The zero-order valence-corrected chi connectivity index (χ0v) is 8.93. The van der Waals surface area contributed by atoms with Crippen LogP contribution in [-0.4, -0.2) is 12.1 Å². The molecule has 0 aliphatic carbocycles. The van der Waals surface area contributed by atoms with Crippen LogP contribution in [-0.2, 0) is 6.42 Å². The summed E-state index contributed by atoms with van der Waals surface area (Å²) in [5, 5.41) is -0.0452. The quantitative estimate of drug-likeness (QED) is 0.699. The molecule has 0 aliphatic heterocycles. The van der Waals surface area contributed by atoms with Crippen molar-refractivity contribution in [2.45, 2.75) is 25.6 Å². The first kappa shape index (κ1) is 10.3. The third-order valence-electron chi connectivity index (χ3n) is 1.98. The molecule has 1 aromatic heterocycles. The van der Waals surface area contributed by atoms with E-state index in [-0.39, 0.29) is 5.38 Å². The van der Waals surface area contributed by atoms with Crippen molar-refractivity contribution in [3.8, 4) is 5.75 Å². The summed E-state index contributed by atoms with van der Waals surface area (Å²) < 4.78 is 5.17. The van der Waals surface area contributed by atoms with Gasteiger partial charge in [0.2, 0.25) is 0 Å². The van der Waals surface area contributed by atoms with Gasteiger partial charge in [-0.2, -0.15) is 0 Å². The molecule has 0 amide bonds. The summed E-state index contributed by atoms with van der Waals surface area (Å²) in [5.41, 5.74) is 2.05. The molecule has 0 N–H and O–H groups in total. The van der Waals surface area contributed by atoms with E-state index in [1.165, 1.54) is 0 Å². The Hall–Kier alpha value is -0.760. The average molecular weight is 200 g/mol. The Balaban J connectivity index is 3.05. The molecule has 0 spiro atoms. The predicted octanol–water partition coefficient (Wildman–Crippen LogP) is 2.95. The number of aromatic nitrogens is 1. The molecule has 0 bridgehead atoms. The van der Waals surface area contributed by atoms with Crippen LogP contribution in [0.2, 0.25) is 0 Å². The molecule has 72 valence electrons. The predicted molar refractivity (Wildman–Crippen MR) is 54.4 cm³/mol. The maximum atomic E-state index is 5.92. The highest BCUT2D eigenvalue weighted by Gasteiger charge is 2.07. The molecule has 0 aliphatic rings. The Bertz CT molecular complexity index is 286. The molecule has 1 rings (SSSR count). The molecule has 0 fully saturated rings. The fourth-order valence-electron chi connectivity index (χ4n) is 1.18. The van der Waals surface area contributed by atoms with Gasteiger partial charge in [0.25, 0.3) is 0 Å². The van der Waals surface area contributed by atoms with E-state index >= 15 is 0 Å². The van der Waals surface area contributed by atoms with E-state index < -0.39 is 0 Å². The van der Waals surface area contributed by atoms with Crippen molar-refractivity contribution in [1.82, 2.24) is 4.98 Å². The number of halogens is 1. The van der Waals surface area contributed by atoms with E-state index in [9.17, 15) is 0 Å². The van der Waals surface area contributed by atoms with E-state index in [0.29, 0.717) is 0 Å². The number of aryl methyl sites for hydroxylation is 1. The minimum absolute atomic E-state index is 0.0452. The highest BCUT2D eigenvalue weighted by Crippen LogP contribution is 2.23. The van der Waals surface area contributed by atoms with E-state index in [0.717, 1.165) is 23.4 Å². The Morgan fingerprint density at radius 2 is 2.31 bits per heavy atom. The number of hydrogen-bond acceptors (Lipinski definition) is 2. The largest absolute Gasteiger partial charge is 0.495 e. The van der Waals surface area contributed by atoms with E-state index in [4.69, 9.17) is 16.3 Å². The second-order valence-electron chi connectivity index (χ2n) is 2.89. The second kappa shape index (κ2) is 4.47. The van der Waals surface area contributed by atoms with Crippen LogP contribution >= 0.6 is 11.6 Å². The number of nitrogens with zero attached hydrogens (tertiary/aromatic N) is 1. The molecular weight excluding hydrogens is 186 g/mol. The van der Waals surface area contributed by atoms with Crippen molar-refractivity contribution in [2.75, 3.05) is 7.11 Å². The van der Waals surface area contributed by atoms with Gasteiger partial charge in [0.05, 0.1) is 24.4 Å². The van der Waals surface area contributed by atoms with Crippen molar-refractivity contribution in [1.29, 1.82) is 0 Å². The number of ether oxygens (including phenoxy) is 1. The normalized spacial score (nSPS) is 12.6. The third kappa shape index (κ3) is 2.34. The maximum absolute atomic E-state index is 5.92. The monoisotopic (exact) mass is 199 g/mol. The summed E-state index contributed by atoms with van der Waals surface area (Å²) in [7, 11) is 1.65. The summed E-state index contributed by atoms with van der Waals surface area (Å²) >= 11 is 5.92. The molecule has 0 saturated heterocycles. The van der Waals surface area contributed by atoms with E-state index in [2.05, 4.69) is 11.9 Å². The zero-order chi connectivity index (χ0) is 9.84. The molecule has 13 heavy (non-hydrogen) atoms. The lowest BCUT2D eigenvalue weighted by molar-refractivity contribution is 0.407. The van der Waals surface area contributed by atoms with Crippen LogP contribution in [0.1, 0.15) is 30.5 Å². The highest BCUT2D eigenvalue weighted by atomic mass is 35.5. The zero-order valence-electron chi connectivity index (χ0n) is 8.17. The molecule has 1 unspecified atom stereocenters. The number of alkyl halides is 1. The Labute approximate surface area is 83.9 Å². The molecule has 2 nitrogen and oxygen atoms in total. The van der Waals surface area contributed by atoms with Crippen LogP contribution in [0.4, 0.5) is 0 Å². The molecular formula is C10H14ClNO. The number of rotatable bonds is 3. The third-order valence-corrected chi connectivity index (χ3v) is 2.20. The van der Waals surface area contributed by atoms with E-state index in [1.807, 2.05) is 13.0 Å². The SMILES string of the molecule is CCc1cc(C(C)Cl)ncc1OC. The molecule has 0 saturated carbocycles. The fourth-order valence-corrected chi connectivity index (χ4v) is 1.30. The summed E-state index contributed by atoms with van der Waals surface area (Å²) in [6.07, 6.45) is 2.66. The van der Waals surface area contributed by atoms with Gasteiger partial charge in [-0.15, -0.1) is 11.6 Å². The standard InChI is InChI=1S/C10H14ClNO/c1-4-8-5-9(7(2)11)12-6-10(8)13-3/h5-7H,4H2,1-3H3. The Morgan fingerprint density at radius 3 is 2.77 bits per heavy atom. The summed E-state index contributed by atoms with van der Waals surface area (Å²) in [6.45, 7) is 4.00. The average Bonchev–Trinajstić information content (AvgIpc) is 2.16. The van der Waals surface area contributed by atoms with Crippen LogP contribution in [0, 0.1) is 0 Å². The lowest BCUT2D eigenvalue weighted by atomic mass is 10.1. The van der Waals surface area contributed by atoms with Crippen LogP contribution in [0.5, 0.6) is 5.75 Å². The fraction of sp³-hybridized carbons (Fsp3) is 0.500. The summed E-state index contributed by atoms with van der Waals surface area (Å²) in [6, 6.07) is 2.00. The Kier molecular flexibility index (Phi) is 3.55. The van der Waals surface area contributed by atoms with Gasteiger partial charge in [-0.1, -0.05) is 6.92 Å². The van der Waals surface area contributed by atoms with Gasteiger partial charge in [-0.25, -0.2) is 0 Å². The summed E-state index contributed by atoms with van der Waals surface area (Å²) in [4.78, 5) is 4.20. The topological polar surface area (TPSA) is 22.1 Å². The van der Waals surface area contributed by atoms with Crippen molar-refractivity contribution >= 4 is 11.6 Å². The molecule has 0 aromatic carbocycles. The first-order valence-corrected chi connectivity index (χ1v) is 4.79. The lowest BCUT2D eigenvalue weighted by Gasteiger charge is -2.09. The number of hydrogen-bond donors (Lipinski definition) is 0. The minimum atomic E-state index is -0.0452.